The number of piperazine rings is 1. The molecule has 0 saturated carbocycles. The molecule has 2 N–H and O–H groups in total. The molecule has 0 radical (unpaired) electrons. The first-order chi connectivity index (χ1) is 13.7. The van der Waals surface area contributed by atoms with Gasteiger partial charge in [-0.3, -0.25) is 9.78 Å². The molecule has 2 aromatic heterocycles. The average molecular weight is 377 g/mol. The van der Waals surface area contributed by atoms with Gasteiger partial charge < -0.3 is 20.1 Å². The fourth-order valence-corrected chi connectivity index (χ4v) is 3.80. The second kappa shape index (κ2) is 8.44. The number of hydrogen-bond donors (Lipinski definition) is 2. The number of carbonyl (C=O) groups excluding carboxylic acids is 1. The van der Waals surface area contributed by atoms with Crippen molar-refractivity contribution in [3.63, 3.8) is 0 Å². The van der Waals surface area contributed by atoms with E-state index in [2.05, 4.69) is 44.1 Å². The lowest BCUT2D eigenvalue weighted by molar-refractivity contribution is 0.0954. The highest BCUT2D eigenvalue weighted by atomic mass is 16.1. The SMILES string of the molecule is CCN1CCN(c2cncc(C(=O)NCCc3c[nH]c4ccccc34)c2)CC1. The highest BCUT2D eigenvalue weighted by Gasteiger charge is 2.17. The molecule has 4 rings (SSSR count). The zero-order valence-corrected chi connectivity index (χ0v) is 16.3. The first-order valence-corrected chi connectivity index (χ1v) is 10.00. The number of hydrogen-bond acceptors (Lipinski definition) is 4. The minimum Gasteiger partial charge on any atom is -0.368 e. The summed E-state index contributed by atoms with van der Waals surface area (Å²) in [4.78, 5) is 24.9. The molecule has 6 nitrogen and oxygen atoms in total. The Kier molecular flexibility index (Phi) is 5.58. The maximum absolute atomic E-state index is 12.6. The fourth-order valence-electron chi connectivity index (χ4n) is 3.80. The number of aromatic amines is 1. The van der Waals surface area contributed by atoms with Gasteiger partial charge in [-0.05, 0) is 30.7 Å². The number of fused-ring (bicyclic) bond motifs is 1. The van der Waals surface area contributed by atoms with Crippen LogP contribution in [0.25, 0.3) is 10.9 Å². The molecule has 3 heterocycles. The van der Waals surface area contributed by atoms with Gasteiger partial charge in [0.2, 0.25) is 0 Å². The highest BCUT2D eigenvalue weighted by molar-refractivity contribution is 5.94. The number of nitrogens with one attached hydrogen (secondary N) is 2. The standard InChI is InChI=1S/C22H27N5O/c1-2-26-9-11-27(12-10-26)19-13-18(14-23-16-19)22(28)24-8-7-17-15-25-21-6-4-3-5-20(17)21/h3-6,13-16,25H,2,7-12H2,1H3,(H,24,28). The lowest BCUT2D eigenvalue weighted by Crippen LogP contribution is -2.46. The van der Waals surface area contributed by atoms with Crippen molar-refractivity contribution in [2.75, 3.05) is 44.2 Å². The van der Waals surface area contributed by atoms with Crippen LogP contribution in [-0.2, 0) is 6.42 Å². The van der Waals surface area contributed by atoms with Gasteiger partial charge in [-0.2, -0.15) is 0 Å². The van der Waals surface area contributed by atoms with E-state index in [-0.39, 0.29) is 5.91 Å². The van der Waals surface area contributed by atoms with Crippen LogP contribution in [0.5, 0.6) is 0 Å². The summed E-state index contributed by atoms with van der Waals surface area (Å²) < 4.78 is 0. The fraction of sp³-hybridized carbons (Fsp3) is 0.364. The summed E-state index contributed by atoms with van der Waals surface area (Å²) in [6, 6.07) is 10.2. The van der Waals surface area contributed by atoms with Crippen molar-refractivity contribution in [3.8, 4) is 0 Å². The topological polar surface area (TPSA) is 64.3 Å². The molecule has 1 aromatic carbocycles. The lowest BCUT2D eigenvalue weighted by Gasteiger charge is -2.35. The molecule has 1 amide bonds. The Hall–Kier alpha value is -2.86. The Balaban J connectivity index is 1.35. The molecule has 1 saturated heterocycles. The van der Waals surface area contributed by atoms with Crippen LogP contribution in [0.1, 0.15) is 22.8 Å². The van der Waals surface area contributed by atoms with Gasteiger partial charge in [0.1, 0.15) is 0 Å². The molecule has 3 aromatic rings. The Morgan fingerprint density at radius 2 is 2.00 bits per heavy atom. The van der Waals surface area contributed by atoms with E-state index in [0.717, 1.165) is 50.3 Å². The molecule has 1 fully saturated rings. The third-order valence-corrected chi connectivity index (χ3v) is 5.53. The number of amides is 1. The molecule has 0 spiro atoms. The molecular formula is C22H27N5O. The quantitative estimate of drug-likeness (QED) is 0.693. The first kappa shape index (κ1) is 18.5. The summed E-state index contributed by atoms with van der Waals surface area (Å²) in [5.41, 5.74) is 4.00. The summed E-state index contributed by atoms with van der Waals surface area (Å²) in [7, 11) is 0. The van der Waals surface area contributed by atoms with Crippen molar-refractivity contribution in [2.45, 2.75) is 13.3 Å². The number of benzene rings is 1. The molecule has 146 valence electrons. The molecular weight excluding hydrogens is 350 g/mol. The minimum absolute atomic E-state index is 0.0682. The van der Waals surface area contributed by atoms with Gasteiger partial charge in [-0.15, -0.1) is 0 Å². The second-order valence-corrected chi connectivity index (χ2v) is 7.22. The number of aromatic nitrogens is 2. The molecule has 1 aliphatic rings. The number of likely N-dealkylation sites (N-methyl/N-ethyl adjacent to an activating group) is 1. The second-order valence-electron chi connectivity index (χ2n) is 7.22. The van der Waals surface area contributed by atoms with E-state index in [1.807, 2.05) is 30.6 Å². The van der Waals surface area contributed by atoms with Gasteiger partial charge in [-0.1, -0.05) is 25.1 Å². The number of pyridine rings is 1. The monoisotopic (exact) mass is 377 g/mol. The van der Waals surface area contributed by atoms with Crippen molar-refractivity contribution < 1.29 is 4.79 Å². The van der Waals surface area contributed by atoms with Crippen molar-refractivity contribution in [2.24, 2.45) is 0 Å². The van der Waals surface area contributed by atoms with E-state index < -0.39 is 0 Å². The normalized spacial score (nSPS) is 15.1. The van der Waals surface area contributed by atoms with Crippen LogP contribution >= 0.6 is 0 Å². The average Bonchev–Trinajstić information content (AvgIpc) is 3.17. The maximum atomic E-state index is 12.6. The molecule has 0 aliphatic carbocycles. The smallest absolute Gasteiger partial charge is 0.252 e. The third-order valence-electron chi connectivity index (χ3n) is 5.53. The first-order valence-electron chi connectivity index (χ1n) is 10.00. The van der Waals surface area contributed by atoms with Crippen LogP contribution in [0.2, 0.25) is 0 Å². The number of para-hydroxylation sites is 1. The zero-order chi connectivity index (χ0) is 19.3. The van der Waals surface area contributed by atoms with Crippen LogP contribution in [-0.4, -0.2) is 60.0 Å². The number of anilines is 1. The summed E-state index contributed by atoms with van der Waals surface area (Å²) in [6.45, 7) is 7.93. The Morgan fingerprint density at radius 3 is 2.82 bits per heavy atom. The van der Waals surface area contributed by atoms with Crippen molar-refractivity contribution in [1.82, 2.24) is 20.2 Å². The van der Waals surface area contributed by atoms with E-state index in [1.54, 1.807) is 6.20 Å². The van der Waals surface area contributed by atoms with Crippen LogP contribution in [0.4, 0.5) is 5.69 Å². The molecule has 1 aliphatic heterocycles. The Bertz CT molecular complexity index is 943. The zero-order valence-electron chi connectivity index (χ0n) is 16.3. The Morgan fingerprint density at radius 1 is 1.18 bits per heavy atom. The van der Waals surface area contributed by atoms with Crippen LogP contribution in [0.15, 0.2) is 48.9 Å². The van der Waals surface area contributed by atoms with Gasteiger partial charge in [-0.25, -0.2) is 0 Å². The number of carbonyl (C=O) groups is 1. The van der Waals surface area contributed by atoms with E-state index >= 15 is 0 Å². The molecule has 28 heavy (non-hydrogen) atoms. The van der Waals surface area contributed by atoms with Gasteiger partial charge in [0, 0.05) is 56.0 Å². The minimum atomic E-state index is -0.0682. The predicted octanol–water partition coefficient (Wildman–Crippen LogP) is 2.68. The summed E-state index contributed by atoms with van der Waals surface area (Å²) in [5.74, 6) is -0.0682. The summed E-state index contributed by atoms with van der Waals surface area (Å²) in [6.07, 6.45) is 6.31. The number of H-pyrrole nitrogens is 1. The van der Waals surface area contributed by atoms with Crippen molar-refractivity contribution in [3.05, 3.63) is 60.0 Å². The van der Waals surface area contributed by atoms with Gasteiger partial charge in [0.05, 0.1) is 17.4 Å². The van der Waals surface area contributed by atoms with Crippen molar-refractivity contribution in [1.29, 1.82) is 0 Å². The van der Waals surface area contributed by atoms with Gasteiger partial charge >= 0.3 is 0 Å². The van der Waals surface area contributed by atoms with E-state index in [0.29, 0.717) is 12.1 Å². The third kappa shape index (κ3) is 4.02. The predicted molar refractivity (Wildman–Crippen MR) is 113 cm³/mol. The molecule has 0 unspecified atom stereocenters. The Labute approximate surface area is 165 Å². The van der Waals surface area contributed by atoms with E-state index in [9.17, 15) is 4.79 Å². The van der Waals surface area contributed by atoms with Crippen LogP contribution < -0.4 is 10.2 Å². The molecule has 0 atom stereocenters. The highest BCUT2D eigenvalue weighted by Crippen LogP contribution is 2.18. The van der Waals surface area contributed by atoms with Gasteiger partial charge in [0.15, 0.2) is 0 Å². The largest absolute Gasteiger partial charge is 0.368 e. The van der Waals surface area contributed by atoms with E-state index in [4.69, 9.17) is 0 Å². The number of rotatable bonds is 6. The number of nitrogens with zero attached hydrogens (tertiary/aromatic N) is 3. The van der Waals surface area contributed by atoms with Gasteiger partial charge in [0.25, 0.3) is 5.91 Å². The van der Waals surface area contributed by atoms with Crippen LogP contribution in [0.3, 0.4) is 0 Å². The maximum Gasteiger partial charge on any atom is 0.252 e. The lowest BCUT2D eigenvalue weighted by atomic mass is 10.1. The van der Waals surface area contributed by atoms with Crippen molar-refractivity contribution >= 4 is 22.5 Å². The summed E-state index contributed by atoms with van der Waals surface area (Å²) >= 11 is 0. The molecule has 0 bridgehead atoms. The van der Waals surface area contributed by atoms with Crippen LogP contribution in [0, 0.1) is 0 Å². The molecule has 6 heteroatoms. The summed E-state index contributed by atoms with van der Waals surface area (Å²) in [5, 5.41) is 4.24. The van der Waals surface area contributed by atoms with E-state index in [1.165, 1.54) is 10.9 Å².